The van der Waals surface area contributed by atoms with Gasteiger partial charge in [-0.05, 0) is 68.1 Å². The van der Waals surface area contributed by atoms with Crippen LogP contribution in [0.4, 0.5) is 0 Å². The lowest BCUT2D eigenvalue weighted by molar-refractivity contribution is -0.116. The third kappa shape index (κ3) is 2.82. The van der Waals surface area contributed by atoms with Gasteiger partial charge in [-0.1, -0.05) is 6.07 Å². The van der Waals surface area contributed by atoms with Gasteiger partial charge in [-0.2, -0.15) is 0 Å². The van der Waals surface area contributed by atoms with E-state index in [4.69, 9.17) is 0 Å². The number of carbonyl (C=O) groups excluding carboxylic acids is 1. The molecule has 2 aromatic carbocycles. The Morgan fingerprint density at radius 3 is 2.09 bits per heavy atom. The molecule has 5 heteroatoms. The Bertz CT molecular complexity index is 887. The number of aromatic nitrogens is 3. The van der Waals surface area contributed by atoms with Crippen molar-refractivity contribution in [2.24, 2.45) is 0 Å². The molecule has 0 aliphatic rings. The van der Waals surface area contributed by atoms with Gasteiger partial charge in [0.25, 0.3) is 0 Å². The van der Waals surface area contributed by atoms with Gasteiger partial charge in [-0.15, -0.1) is 15.0 Å². The van der Waals surface area contributed by atoms with Gasteiger partial charge in [-0.25, -0.2) is 0 Å². The number of aryl methyl sites for hydroxylation is 3. The highest BCUT2D eigenvalue weighted by Gasteiger charge is 2.14. The van der Waals surface area contributed by atoms with Crippen molar-refractivity contribution in [3.63, 3.8) is 0 Å². The van der Waals surface area contributed by atoms with E-state index in [1.807, 2.05) is 32.0 Å². The topological polar surface area (TPSA) is 68.0 Å². The number of benzene rings is 2. The first-order valence-electron chi connectivity index (χ1n) is 7.52. The second-order valence-electron chi connectivity index (χ2n) is 6.07. The van der Waals surface area contributed by atoms with Crippen LogP contribution in [0.15, 0.2) is 24.3 Å². The third-order valence-corrected chi connectivity index (χ3v) is 4.00. The summed E-state index contributed by atoms with van der Waals surface area (Å²) in [6.07, 6.45) is 0.327. The second kappa shape index (κ2) is 5.50. The minimum Gasteiger partial charge on any atom is -0.505 e. The molecule has 3 aromatic rings. The monoisotopic (exact) mass is 309 g/mol. The maximum absolute atomic E-state index is 11.4. The van der Waals surface area contributed by atoms with Crippen LogP contribution >= 0.6 is 0 Å². The van der Waals surface area contributed by atoms with Crippen molar-refractivity contribution in [3.05, 3.63) is 46.5 Å². The quantitative estimate of drug-likeness (QED) is 0.807. The van der Waals surface area contributed by atoms with E-state index < -0.39 is 0 Å². The van der Waals surface area contributed by atoms with E-state index in [0.717, 1.165) is 27.7 Å². The van der Waals surface area contributed by atoms with E-state index in [-0.39, 0.29) is 11.5 Å². The molecule has 0 atom stereocenters. The Morgan fingerprint density at radius 1 is 1.00 bits per heavy atom. The maximum atomic E-state index is 11.4. The van der Waals surface area contributed by atoms with E-state index in [1.165, 1.54) is 4.80 Å². The van der Waals surface area contributed by atoms with E-state index >= 15 is 0 Å². The molecule has 0 spiro atoms. The Labute approximate surface area is 134 Å². The van der Waals surface area contributed by atoms with Crippen molar-refractivity contribution in [3.8, 4) is 11.4 Å². The minimum atomic E-state index is 0.0749. The zero-order valence-electron chi connectivity index (χ0n) is 13.7. The van der Waals surface area contributed by atoms with Crippen LogP contribution in [0, 0.1) is 20.8 Å². The van der Waals surface area contributed by atoms with Crippen molar-refractivity contribution in [1.29, 1.82) is 0 Å². The number of nitrogens with zero attached hydrogens (tertiary/aromatic N) is 3. The Balaban J connectivity index is 2.17. The molecule has 1 heterocycles. The molecule has 23 heavy (non-hydrogen) atoms. The van der Waals surface area contributed by atoms with Crippen LogP contribution in [0.2, 0.25) is 0 Å². The van der Waals surface area contributed by atoms with E-state index in [2.05, 4.69) is 10.2 Å². The summed E-state index contributed by atoms with van der Waals surface area (Å²) >= 11 is 0. The van der Waals surface area contributed by atoms with E-state index in [9.17, 15) is 9.90 Å². The van der Waals surface area contributed by atoms with Crippen LogP contribution in [-0.4, -0.2) is 25.9 Å². The molecule has 0 saturated carbocycles. The molecule has 118 valence electrons. The molecule has 0 aliphatic heterocycles. The summed E-state index contributed by atoms with van der Waals surface area (Å²) in [6.45, 7) is 7.42. The number of fused-ring (bicyclic) bond motifs is 1. The van der Waals surface area contributed by atoms with E-state index in [1.54, 1.807) is 19.9 Å². The number of Topliss-reactive ketones (excluding diaryl/α,β-unsaturated/α-hetero) is 1. The van der Waals surface area contributed by atoms with Crippen molar-refractivity contribution in [2.45, 2.75) is 34.1 Å². The fourth-order valence-corrected chi connectivity index (χ4v) is 2.66. The van der Waals surface area contributed by atoms with Gasteiger partial charge >= 0.3 is 0 Å². The molecule has 3 rings (SSSR count). The largest absolute Gasteiger partial charge is 0.505 e. The Hall–Kier alpha value is -2.69. The molecule has 0 amide bonds. The number of phenols is 1. The van der Waals surface area contributed by atoms with Gasteiger partial charge in [0.1, 0.15) is 28.3 Å². The van der Waals surface area contributed by atoms with Crippen LogP contribution in [0.1, 0.15) is 29.2 Å². The highest BCUT2D eigenvalue weighted by molar-refractivity contribution is 5.79. The smallest absolute Gasteiger partial charge is 0.146 e. The highest BCUT2D eigenvalue weighted by atomic mass is 16.3. The van der Waals surface area contributed by atoms with Gasteiger partial charge in [0.15, 0.2) is 0 Å². The SMILES string of the molecule is CC(=O)Cc1cc(C)c(O)c(-n2nc3cc(C)c(C)cc3n2)c1. The van der Waals surface area contributed by atoms with Gasteiger partial charge in [0.2, 0.25) is 0 Å². The normalized spacial score (nSPS) is 11.1. The molecule has 0 radical (unpaired) electrons. The molecular formula is C18H19N3O2. The predicted octanol–water partition coefficient (Wildman–Crippen LogP) is 3.18. The first kappa shape index (κ1) is 15.2. The molecule has 1 aromatic heterocycles. The molecule has 5 nitrogen and oxygen atoms in total. The Morgan fingerprint density at radius 2 is 1.57 bits per heavy atom. The molecule has 0 saturated heterocycles. The minimum absolute atomic E-state index is 0.0749. The van der Waals surface area contributed by atoms with Gasteiger partial charge in [0.05, 0.1) is 0 Å². The number of phenolic OH excluding ortho intramolecular Hbond substituents is 1. The number of rotatable bonds is 3. The molecule has 0 unspecified atom stereocenters. The standard InChI is InChI=1S/C18H19N3O2/c1-10-6-15-16(7-11(10)2)20-21(19-15)17-9-14(8-13(4)22)5-12(3)18(17)23/h5-7,9,23H,8H2,1-4H3. The lowest BCUT2D eigenvalue weighted by Crippen LogP contribution is -2.03. The number of ketones is 1. The van der Waals surface area contributed by atoms with Crippen molar-refractivity contribution in [2.75, 3.05) is 0 Å². The van der Waals surface area contributed by atoms with Gasteiger partial charge in [0, 0.05) is 6.42 Å². The summed E-state index contributed by atoms with van der Waals surface area (Å²) in [4.78, 5) is 12.8. The average Bonchev–Trinajstić information content (AvgIpc) is 2.85. The van der Waals surface area contributed by atoms with Gasteiger partial charge in [-0.3, -0.25) is 4.79 Å². The maximum Gasteiger partial charge on any atom is 0.146 e. The molecular weight excluding hydrogens is 290 g/mol. The van der Waals surface area contributed by atoms with Crippen LogP contribution in [0.3, 0.4) is 0 Å². The summed E-state index contributed by atoms with van der Waals surface area (Å²) in [6, 6.07) is 7.55. The number of carbonyl (C=O) groups is 1. The third-order valence-electron chi connectivity index (χ3n) is 4.00. The van der Waals surface area contributed by atoms with Crippen molar-refractivity contribution < 1.29 is 9.90 Å². The van der Waals surface area contributed by atoms with E-state index in [0.29, 0.717) is 17.7 Å². The lowest BCUT2D eigenvalue weighted by atomic mass is 10.0. The first-order valence-corrected chi connectivity index (χ1v) is 7.52. The van der Waals surface area contributed by atoms with Crippen molar-refractivity contribution >= 4 is 16.8 Å². The van der Waals surface area contributed by atoms with Crippen LogP contribution in [0.5, 0.6) is 5.75 Å². The highest BCUT2D eigenvalue weighted by Crippen LogP contribution is 2.28. The predicted molar refractivity (Wildman–Crippen MR) is 89.1 cm³/mol. The van der Waals surface area contributed by atoms with Crippen molar-refractivity contribution in [1.82, 2.24) is 15.0 Å². The molecule has 1 N–H and O–H groups in total. The summed E-state index contributed by atoms with van der Waals surface area (Å²) < 4.78 is 0. The van der Waals surface area contributed by atoms with Crippen LogP contribution in [-0.2, 0) is 11.2 Å². The van der Waals surface area contributed by atoms with Crippen LogP contribution in [0.25, 0.3) is 16.7 Å². The second-order valence-corrected chi connectivity index (χ2v) is 6.07. The number of hydrogen-bond acceptors (Lipinski definition) is 4. The van der Waals surface area contributed by atoms with Crippen LogP contribution < -0.4 is 0 Å². The zero-order chi connectivity index (χ0) is 16.7. The zero-order valence-corrected chi connectivity index (χ0v) is 13.7. The number of aromatic hydroxyl groups is 1. The summed E-state index contributed by atoms with van der Waals surface area (Å²) in [5, 5.41) is 19.3. The number of hydrogen-bond donors (Lipinski definition) is 1. The Kier molecular flexibility index (Phi) is 3.64. The molecule has 0 aliphatic carbocycles. The fraction of sp³-hybridized carbons (Fsp3) is 0.278. The molecule has 0 fully saturated rings. The summed E-state index contributed by atoms with van der Waals surface area (Å²) in [7, 11) is 0. The first-order chi connectivity index (χ1) is 10.8. The lowest BCUT2D eigenvalue weighted by Gasteiger charge is -2.09. The summed E-state index contributed by atoms with van der Waals surface area (Å²) in [5.74, 6) is 0.205. The van der Waals surface area contributed by atoms with Gasteiger partial charge < -0.3 is 5.11 Å². The fourth-order valence-electron chi connectivity index (χ4n) is 2.66. The average molecular weight is 309 g/mol. The molecule has 0 bridgehead atoms. The summed E-state index contributed by atoms with van der Waals surface area (Å²) in [5.41, 5.74) is 5.89.